The van der Waals surface area contributed by atoms with Crippen molar-refractivity contribution in [2.45, 2.75) is 31.7 Å². The monoisotopic (exact) mass is 282 g/mol. The van der Waals surface area contributed by atoms with Crippen molar-refractivity contribution in [1.29, 1.82) is 0 Å². The highest BCUT2D eigenvalue weighted by Crippen LogP contribution is 2.25. The molecule has 0 heterocycles. The molecule has 1 saturated carbocycles. The summed E-state index contributed by atoms with van der Waals surface area (Å²) in [4.78, 5) is 0. The van der Waals surface area contributed by atoms with Crippen molar-refractivity contribution in [3.05, 3.63) is 35.9 Å². The fourth-order valence-corrected chi connectivity index (χ4v) is 4.05. The third-order valence-corrected chi connectivity index (χ3v) is 5.20. The number of rotatable bonds is 6. The summed E-state index contributed by atoms with van der Waals surface area (Å²) in [5.41, 5.74) is 6.72. The molecule has 0 spiro atoms. The van der Waals surface area contributed by atoms with E-state index in [1.807, 2.05) is 30.3 Å². The van der Waals surface area contributed by atoms with E-state index < -0.39 is 10.0 Å². The number of benzene rings is 1. The van der Waals surface area contributed by atoms with E-state index in [2.05, 4.69) is 4.72 Å². The third kappa shape index (κ3) is 4.30. The van der Waals surface area contributed by atoms with Gasteiger partial charge in [-0.1, -0.05) is 36.8 Å². The lowest BCUT2D eigenvalue weighted by atomic mass is 10.1. The first-order chi connectivity index (χ1) is 9.11. The van der Waals surface area contributed by atoms with E-state index in [-0.39, 0.29) is 11.8 Å². The van der Waals surface area contributed by atoms with Crippen molar-refractivity contribution in [3.8, 4) is 0 Å². The minimum atomic E-state index is -3.21. The maximum Gasteiger partial charge on any atom is 0.212 e. The van der Waals surface area contributed by atoms with Crippen LogP contribution in [-0.2, 0) is 16.4 Å². The van der Waals surface area contributed by atoms with Crippen molar-refractivity contribution in [3.63, 3.8) is 0 Å². The predicted octanol–water partition coefficient (Wildman–Crippen LogP) is 1.28. The van der Waals surface area contributed by atoms with Gasteiger partial charge in [0.15, 0.2) is 0 Å². The number of nitrogens with two attached hydrogens (primary N) is 1. The van der Waals surface area contributed by atoms with Crippen LogP contribution in [0.5, 0.6) is 0 Å². The Kier molecular flexibility index (Phi) is 4.96. The molecule has 1 aromatic rings. The Morgan fingerprint density at radius 3 is 2.63 bits per heavy atom. The molecule has 1 aliphatic rings. The summed E-state index contributed by atoms with van der Waals surface area (Å²) in [5.74, 6) is 0.441. The molecule has 19 heavy (non-hydrogen) atoms. The van der Waals surface area contributed by atoms with E-state index in [0.717, 1.165) is 24.8 Å². The van der Waals surface area contributed by atoms with Gasteiger partial charge >= 0.3 is 0 Å². The number of nitrogens with one attached hydrogen (secondary N) is 1. The van der Waals surface area contributed by atoms with Crippen LogP contribution in [0.2, 0.25) is 0 Å². The molecule has 5 heteroatoms. The van der Waals surface area contributed by atoms with E-state index in [1.54, 1.807) is 0 Å². The number of hydrogen-bond acceptors (Lipinski definition) is 3. The molecule has 4 nitrogen and oxygen atoms in total. The lowest BCUT2D eigenvalue weighted by Crippen LogP contribution is -2.41. The summed E-state index contributed by atoms with van der Waals surface area (Å²) in [7, 11) is -3.21. The van der Waals surface area contributed by atoms with Crippen LogP contribution >= 0.6 is 0 Å². The third-order valence-electron chi connectivity index (χ3n) is 3.80. The van der Waals surface area contributed by atoms with Crippen LogP contribution in [0.3, 0.4) is 0 Å². The van der Waals surface area contributed by atoms with Gasteiger partial charge in [-0.3, -0.25) is 0 Å². The van der Waals surface area contributed by atoms with Crippen molar-refractivity contribution in [2.24, 2.45) is 11.7 Å². The molecule has 2 atom stereocenters. The van der Waals surface area contributed by atoms with Gasteiger partial charge in [-0.05, 0) is 37.3 Å². The molecule has 3 N–H and O–H groups in total. The topological polar surface area (TPSA) is 72.2 Å². The molecule has 0 aromatic heterocycles. The maximum atomic E-state index is 12.1. The van der Waals surface area contributed by atoms with Gasteiger partial charge in [0.1, 0.15) is 0 Å². The molecule has 1 fully saturated rings. The standard InChI is InChI=1S/C14H22N2O2S/c15-11-13-7-4-8-14(13)16-19(17,18)10-9-12-5-2-1-3-6-12/h1-3,5-6,13-14,16H,4,7-11,15H2. The highest BCUT2D eigenvalue weighted by atomic mass is 32.2. The molecule has 0 saturated heterocycles. The maximum absolute atomic E-state index is 12.1. The number of sulfonamides is 1. The average molecular weight is 282 g/mol. The SMILES string of the molecule is NCC1CCCC1NS(=O)(=O)CCc1ccccc1. The molecule has 1 aliphatic carbocycles. The van der Waals surface area contributed by atoms with Gasteiger partial charge in [0.05, 0.1) is 5.75 Å². The van der Waals surface area contributed by atoms with Crippen molar-refractivity contribution < 1.29 is 8.42 Å². The minimum Gasteiger partial charge on any atom is -0.330 e. The second kappa shape index (κ2) is 6.50. The molecule has 2 rings (SSSR count). The molecule has 106 valence electrons. The average Bonchev–Trinajstić information content (AvgIpc) is 2.84. The summed E-state index contributed by atoms with van der Waals surface area (Å²) in [6.45, 7) is 0.561. The summed E-state index contributed by atoms with van der Waals surface area (Å²) in [6.07, 6.45) is 3.55. The molecular formula is C14H22N2O2S. The Morgan fingerprint density at radius 2 is 1.95 bits per heavy atom. The van der Waals surface area contributed by atoms with Crippen LogP contribution in [0, 0.1) is 5.92 Å². The van der Waals surface area contributed by atoms with Crippen LogP contribution in [0.25, 0.3) is 0 Å². The smallest absolute Gasteiger partial charge is 0.212 e. The van der Waals surface area contributed by atoms with Crippen LogP contribution in [0.1, 0.15) is 24.8 Å². The molecule has 0 aliphatic heterocycles. The van der Waals surface area contributed by atoms with Crippen molar-refractivity contribution in [1.82, 2.24) is 4.72 Å². The molecule has 0 radical (unpaired) electrons. The van der Waals surface area contributed by atoms with E-state index in [9.17, 15) is 8.42 Å². The molecule has 0 bridgehead atoms. The lowest BCUT2D eigenvalue weighted by molar-refractivity contribution is 0.453. The molecular weight excluding hydrogens is 260 g/mol. The van der Waals surface area contributed by atoms with E-state index in [4.69, 9.17) is 5.73 Å². The second-order valence-corrected chi connectivity index (χ2v) is 7.08. The van der Waals surface area contributed by atoms with Crippen LogP contribution in [0.4, 0.5) is 0 Å². The summed E-state index contributed by atoms with van der Waals surface area (Å²) >= 11 is 0. The first-order valence-electron chi connectivity index (χ1n) is 6.85. The highest BCUT2D eigenvalue weighted by Gasteiger charge is 2.29. The number of aryl methyl sites for hydroxylation is 1. The quantitative estimate of drug-likeness (QED) is 0.825. The summed E-state index contributed by atoms with van der Waals surface area (Å²) in [5, 5.41) is 0. The Labute approximate surface area is 115 Å². The Hall–Kier alpha value is -0.910. The van der Waals surface area contributed by atoms with Crippen molar-refractivity contribution in [2.75, 3.05) is 12.3 Å². The zero-order valence-electron chi connectivity index (χ0n) is 11.1. The Morgan fingerprint density at radius 1 is 1.21 bits per heavy atom. The normalized spacial score (nSPS) is 23.6. The van der Waals surface area contributed by atoms with Gasteiger partial charge in [0, 0.05) is 6.04 Å². The van der Waals surface area contributed by atoms with Gasteiger partial charge in [0.25, 0.3) is 0 Å². The van der Waals surface area contributed by atoms with Gasteiger partial charge in [-0.25, -0.2) is 13.1 Å². The van der Waals surface area contributed by atoms with Crippen molar-refractivity contribution >= 4 is 10.0 Å². The minimum absolute atomic E-state index is 0.0331. The largest absolute Gasteiger partial charge is 0.330 e. The molecule has 0 amide bonds. The predicted molar refractivity (Wildman–Crippen MR) is 77.3 cm³/mol. The summed E-state index contributed by atoms with van der Waals surface area (Å²) < 4.78 is 27.0. The van der Waals surface area contributed by atoms with Gasteiger partial charge in [-0.15, -0.1) is 0 Å². The van der Waals surface area contributed by atoms with E-state index >= 15 is 0 Å². The fraction of sp³-hybridized carbons (Fsp3) is 0.571. The zero-order chi connectivity index (χ0) is 13.7. The van der Waals surface area contributed by atoms with Gasteiger partial charge in [-0.2, -0.15) is 0 Å². The fourth-order valence-electron chi connectivity index (χ4n) is 2.66. The number of hydrogen-bond donors (Lipinski definition) is 2. The van der Waals surface area contributed by atoms with Crippen LogP contribution < -0.4 is 10.5 Å². The second-order valence-electron chi connectivity index (χ2n) is 5.21. The Bertz CT molecular complexity index is 487. The van der Waals surface area contributed by atoms with E-state index in [0.29, 0.717) is 18.9 Å². The molecule has 1 aromatic carbocycles. The van der Waals surface area contributed by atoms with Gasteiger partial charge in [0.2, 0.25) is 10.0 Å². The Balaban J connectivity index is 1.88. The van der Waals surface area contributed by atoms with Crippen LogP contribution in [0.15, 0.2) is 30.3 Å². The lowest BCUT2D eigenvalue weighted by Gasteiger charge is -2.19. The van der Waals surface area contributed by atoms with Crippen LogP contribution in [-0.4, -0.2) is 26.8 Å². The zero-order valence-corrected chi connectivity index (χ0v) is 11.9. The first kappa shape index (κ1) is 14.5. The summed E-state index contributed by atoms with van der Waals surface area (Å²) in [6, 6.07) is 9.72. The van der Waals surface area contributed by atoms with E-state index in [1.165, 1.54) is 0 Å². The molecule has 2 unspecified atom stereocenters. The first-order valence-corrected chi connectivity index (χ1v) is 8.50. The highest BCUT2D eigenvalue weighted by molar-refractivity contribution is 7.89. The van der Waals surface area contributed by atoms with Gasteiger partial charge < -0.3 is 5.73 Å².